The average molecular weight is 668 g/mol. The number of nitrogens with one attached hydrogen (secondary N) is 2. The van der Waals surface area contributed by atoms with Crippen LogP contribution in [0.5, 0.6) is 0 Å². The number of amides is 3. The van der Waals surface area contributed by atoms with Gasteiger partial charge >= 0.3 is 0 Å². The molecule has 1 atom stereocenters. The minimum atomic E-state index is -3.77. The van der Waals surface area contributed by atoms with Crippen molar-refractivity contribution < 1.29 is 22.8 Å². The van der Waals surface area contributed by atoms with Crippen molar-refractivity contribution in [2.75, 3.05) is 25.0 Å². The second-order valence-corrected chi connectivity index (χ2v) is 13.6. The molecule has 0 radical (unpaired) electrons. The van der Waals surface area contributed by atoms with E-state index in [9.17, 15) is 22.8 Å². The summed E-state index contributed by atoms with van der Waals surface area (Å²) in [6, 6.07) is 13.5. The number of carbonyl (C=O) groups excluding carboxylic acids is 3. The molecule has 1 aromatic heterocycles. The number of hydrogen-bond donors (Lipinski definition) is 2. The molecule has 0 saturated carbocycles. The van der Waals surface area contributed by atoms with E-state index in [4.69, 9.17) is 11.6 Å². The van der Waals surface area contributed by atoms with Crippen LogP contribution in [0.2, 0.25) is 5.02 Å². The van der Waals surface area contributed by atoms with Gasteiger partial charge in [0.1, 0.15) is 4.88 Å². The third-order valence-corrected chi connectivity index (χ3v) is 10.3. The lowest BCUT2D eigenvalue weighted by atomic mass is 9.97. The van der Waals surface area contributed by atoms with Crippen molar-refractivity contribution in [2.45, 2.75) is 37.2 Å². The molecule has 9 nitrogen and oxygen atoms in total. The number of para-hydroxylation sites is 1. The average Bonchev–Trinajstić information content (AvgIpc) is 3.27. The van der Waals surface area contributed by atoms with Crippen LogP contribution >= 0.6 is 38.9 Å². The highest BCUT2D eigenvalue weighted by molar-refractivity contribution is 9.10. The molecule has 0 spiro atoms. The van der Waals surface area contributed by atoms with E-state index >= 15 is 0 Å². The van der Waals surface area contributed by atoms with Gasteiger partial charge < -0.3 is 15.5 Å². The van der Waals surface area contributed by atoms with Crippen molar-refractivity contribution in [1.29, 1.82) is 0 Å². The number of sulfonamides is 1. The quantitative estimate of drug-likeness (QED) is 0.355. The molecule has 2 heterocycles. The van der Waals surface area contributed by atoms with Crippen LogP contribution < -0.4 is 15.5 Å². The van der Waals surface area contributed by atoms with Crippen LogP contribution in [0.25, 0.3) is 0 Å². The minimum absolute atomic E-state index is 0.00935. The maximum Gasteiger partial charge on any atom is 0.269 e. The molecule has 1 aliphatic heterocycles. The molecule has 0 aliphatic carbocycles. The first-order chi connectivity index (χ1) is 19.0. The standard InChI is InChI=1S/C27H28BrClN4O5S2/c1-17(34)30-12-11-24(35)31-21-13-18-5-3-4-6-23(18)33(15-21)27(36)26-25(29)19(16-39-26)14-32(2)40(37,38)22-9-7-20(28)8-10-22/h3-10,16,21H,11-15H2,1-2H3,(H,30,34)(H,31,35). The summed E-state index contributed by atoms with van der Waals surface area (Å²) >= 11 is 11.1. The molecule has 4 rings (SSSR count). The third kappa shape index (κ3) is 6.92. The molecule has 2 N–H and O–H groups in total. The first kappa shape index (κ1) is 30.2. The molecule has 0 fully saturated rings. The Morgan fingerprint density at radius 2 is 1.85 bits per heavy atom. The number of thiophene rings is 1. The number of benzene rings is 2. The molecule has 13 heteroatoms. The van der Waals surface area contributed by atoms with Crippen LogP contribution in [0.4, 0.5) is 5.69 Å². The zero-order valence-electron chi connectivity index (χ0n) is 21.8. The lowest BCUT2D eigenvalue weighted by Crippen LogP contribution is -2.50. The third-order valence-electron chi connectivity index (χ3n) is 6.40. The molecule has 3 amide bonds. The van der Waals surface area contributed by atoms with Crippen LogP contribution in [0.3, 0.4) is 0 Å². The molecule has 2 aromatic carbocycles. The largest absolute Gasteiger partial charge is 0.356 e. The molecular weight excluding hydrogens is 640 g/mol. The lowest BCUT2D eigenvalue weighted by molar-refractivity contribution is -0.122. The number of nitrogens with zero attached hydrogens (tertiary/aromatic N) is 2. The maximum atomic E-state index is 13.8. The lowest BCUT2D eigenvalue weighted by Gasteiger charge is -2.35. The highest BCUT2D eigenvalue weighted by Crippen LogP contribution is 2.35. The summed E-state index contributed by atoms with van der Waals surface area (Å²) in [7, 11) is -2.31. The van der Waals surface area contributed by atoms with Gasteiger partial charge in [0.15, 0.2) is 0 Å². The van der Waals surface area contributed by atoms with Crippen LogP contribution in [-0.4, -0.2) is 56.6 Å². The van der Waals surface area contributed by atoms with E-state index in [1.165, 1.54) is 30.4 Å². The summed E-state index contributed by atoms with van der Waals surface area (Å²) in [6.45, 7) is 1.85. The van der Waals surface area contributed by atoms with Gasteiger partial charge in [-0.2, -0.15) is 4.31 Å². The maximum absolute atomic E-state index is 13.8. The number of rotatable bonds is 9. The van der Waals surface area contributed by atoms with E-state index in [1.807, 2.05) is 24.3 Å². The molecule has 212 valence electrons. The van der Waals surface area contributed by atoms with Crippen LogP contribution in [0.1, 0.15) is 34.1 Å². The van der Waals surface area contributed by atoms with Gasteiger partial charge in [-0.05, 0) is 53.3 Å². The summed E-state index contributed by atoms with van der Waals surface area (Å²) in [5.41, 5.74) is 2.16. The number of anilines is 1. The number of halogens is 2. The first-order valence-electron chi connectivity index (χ1n) is 12.4. The Hall–Kier alpha value is -2.77. The second kappa shape index (κ2) is 12.8. The molecule has 0 saturated heterocycles. The van der Waals surface area contributed by atoms with Gasteiger partial charge in [0, 0.05) is 50.2 Å². The summed E-state index contributed by atoms with van der Waals surface area (Å²) < 4.78 is 28.1. The number of fused-ring (bicyclic) bond motifs is 1. The van der Waals surface area contributed by atoms with E-state index in [0.717, 1.165) is 27.1 Å². The van der Waals surface area contributed by atoms with Gasteiger partial charge in [0.2, 0.25) is 21.8 Å². The fourth-order valence-electron chi connectivity index (χ4n) is 4.40. The summed E-state index contributed by atoms with van der Waals surface area (Å²) in [4.78, 5) is 39.4. The fraction of sp³-hybridized carbons (Fsp3) is 0.296. The minimum Gasteiger partial charge on any atom is -0.356 e. The number of carbonyl (C=O) groups is 3. The SMILES string of the molecule is CC(=O)NCCC(=O)NC1Cc2ccccc2N(C(=O)c2scc(CN(C)S(=O)(=O)c3ccc(Br)cc3)c2Cl)C1. The normalized spacial score (nSPS) is 15.0. The second-order valence-electron chi connectivity index (χ2n) is 9.37. The topological polar surface area (TPSA) is 116 Å². The Bertz CT molecular complexity index is 1530. The van der Waals surface area contributed by atoms with Gasteiger partial charge in [-0.25, -0.2) is 8.42 Å². The zero-order chi connectivity index (χ0) is 29.0. The van der Waals surface area contributed by atoms with E-state index in [1.54, 1.807) is 22.4 Å². The van der Waals surface area contributed by atoms with Gasteiger partial charge in [-0.1, -0.05) is 45.7 Å². The Balaban J connectivity index is 1.51. The molecular formula is C27H28BrClN4O5S2. The summed E-state index contributed by atoms with van der Waals surface area (Å²) in [5.74, 6) is -0.762. The van der Waals surface area contributed by atoms with E-state index in [0.29, 0.717) is 16.9 Å². The van der Waals surface area contributed by atoms with Gasteiger partial charge in [-0.3, -0.25) is 14.4 Å². The van der Waals surface area contributed by atoms with Crippen molar-refractivity contribution in [1.82, 2.24) is 14.9 Å². The van der Waals surface area contributed by atoms with E-state index in [2.05, 4.69) is 26.6 Å². The van der Waals surface area contributed by atoms with Crippen LogP contribution in [0, 0.1) is 0 Å². The first-order valence-corrected chi connectivity index (χ1v) is 15.9. The molecule has 1 unspecified atom stereocenters. The predicted octanol–water partition coefficient (Wildman–Crippen LogP) is 4.20. The molecule has 3 aromatic rings. The zero-order valence-corrected chi connectivity index (χ0v) is 25.8. The van der Waals surface area contributed by atoms with Gasteiger partial charge in [-0.15, -0.1) is 11.3 Å². The highest BCUT2D eigenvalue weighted by atomic mass is 79.9. The van der Waals surface area contributed by atoms with Crippen molar-refractivity contribution in [3.63, 3.8) is 0 Å². The number of hydrogen-bond acceptors (Lipinski definition) is 6. The van der Waals surface area contributed by atoms with Gasteiger partial charge in [0.05, 0.1) is 16.0 Å². The van der Waals surface area contributed by atoms with Gasteiger partial charge in [0.25, 0.3) is 5.91 Å². The molecule has 40 heavy (non-hydrogen) atoms. The Labute approximate surface area is 250 Å². The predicted molar refractivity (Wildman–Crippen MR) is 159 cm³/mol. The van der Waals surface area contributed by atoms with Crippen LogP contribution in [0.15, 0.2) is 63.3 Å². The van der Waals surface area contributed by atoms with Crippen molar-refractivity contribution in [3.05, 3.63) is 79.4 Å². The molecule has 0 bridgehead atoms. The monoisotopic (exact) mass is 666 g/mol. The van der Waals surface area contributed by atoms with Crippen LogP contribution in [-0.2, 0) is 32.6 Å². The Morgan fingerprint density at radius 3 is 2.55 bits per heavy atom. The Kier molecular flexibility index (Phi) is 9.68. The highest BCUT2D eigenvalue weighted by Gasteiger charge is 2.32. The van der Waals surface area contributed by atoms with E-state index in [-0.39, 0.29) is 59.7 Å². The van der Waals surface area contributed by atoms with Crippen molar-refractivity contribution in [2.24, 2.45) is 0 Å². The van der Waals surface area contributed by atoms with E-state index < -0.39 is 10.0 Å². The Morgan fingerprint density at radius 1 is 1.15 bits per heavy atom. The van der Waals surface area contributed by atoms with Crippen molar-refractivity contribution >= 4 is 72.3 Å². The molecule has 1 aliphatic rings. The fourth-order valence-corrected chi connectivity index (χ4v) is 7.11. The smallest absolute Gasteiger partial charge is 0.269 e. The summed E-state index contributed by atoms with van der Waals surface area (Å²) in [6.07, 6.45) is 0.677. The van der Waals surface area contributed by atoms with Crippen molar-refractivity contribution in [3.8, 4) is 0 Å². The summed E-state index contributed by atoms with van der Waals surface area (Å²) in [5, 5.41) is 7.46.